The highest BCUT2D eigenvalue weighted by Crippen LogP contribution is 2.38. The van der Waals surface area contributed by atoms with Gasteiger partial charge in [-0.25, -0.2) is 9.99 Å². The monoisotopic (exact) mass is 452 g/mol. The highest BCUT2D eigenvalue weighted by atomic mass is 35.5. The minimum Gasteiger partial charge on any atom is -0.254 e. The van der Waals surface area contributed by atoms with Crippen molar-refractivity contribution < 1.29 is 4.39 Å². The maximum atomic E-state index is 13.3. The number of nitrogens with zero attached hydrogens (tertiary/aromatic N) is 6. The van der Waals surface area contributed by atoms with Gasteiger partial charge in [-0.2, -0.15) is 9.49 Å². The molecule has 0 bridgehead atoms. The standard InChI is InChI=1S/C22H18ClFN6S/c1-12-13(2)31-21-19(12)20(16-5-7-17(23)8-6-16)28-29(22-27-26-14(3)30(21)22)11-15-4-9-18(24)25-10-15/h4-10H,11H2,1-3H3. The van der Waals surface area contributed by atoms with Gasteiger partial charge in [0.05, 0.1) is 6.54 Å². The van der Waals surface area contributed by atoms with E-state index in [4.69, 9.17) is 16.7 Å². The van der Waals surface area contributed by atoms with E-state index in [1.54, 1.807) is 22.4 Å². The molecule has 0 fully saturated rings. The summed E-state index contributed by atoms with van der Waals surface area (Å²) in [6.07, 6.45) is 1.51. The summed E-state index contributed by atoms with van der Waals surface area (Å²) in [5, 5.41) is 17.2. The van der Waals surface area contributed by atoms with Crippen LogP contribution in [0, 0.1) is 26.7 Å². The Morgan fingerprint density at radius 1 is 1.03 bits per heavy atom. The van der Waals surface area contributed by atoms with Crippen LogP contribution in [0.5, 0.6) is 0 Å². The van der Waals surface area contributed by atoms with E-state index in [0.29, 0.717) is 17.5 Å². The first kappa shape index (κ1) is 19.8. The lowest BCUT2D eigenvalue weighted by Crippen LogP contribution is -2.21. The first-order chi connectivity index (χ1) is 14.9. The Hall–Kier alpha value is -3.10. The van der Waals surface area contributed by atoms with Gasteiger partial charge in [-0.1, -0.05) is 29.8 Å². The zero-order chi connectivity index (χ0) is 21.7. The van der Waals surface area contributed by atoms with Crippen molar-refractivity contribution in [3.8, 4) is 5.00 Å². The second-order valence-corrected chi connectivity index (χ2v) is 8.99. The molecule has 0 atom stereocenters. The number of halogens is 2. The minimum atomic E-state index is -0.516. The summed E-state index contributed by atoms with van der Waals surface area (Å²) >= 11 is 7.83. The van der Waals surface area contributed by atoms with Crippen molar-refractivity contribution in [1.29, 1.82) is 0 Å². The Morgan fingerprint density at radius 3 is 2.52 bits per heavy atom. The van der Waals surface area contributed by atoms with Crippen LogP contribution >= 0.6 is 22.9 Å². The summed E-state index contributed by atoms with van der Waals surface area (Å²) in [5.74, 6) is 0.859. The molecule has 1 aromatic carbocycles. The molecule has 9 heteroatoms. The average molecular weight is 453 g/mol. The van der Waals surface area contributed by atoms with E-state index in [1.165, 1.54) is 17.1 Å². The van der Waals surface area contributed by atoms with E-state index >= 15 is 0 Å². The van der Waals surface area contributed by atoms with Gasteiger partial charge in [-0.05, 0) is 50.1 Å². The van der Waals surface area contributed by atoms with E-state index < -0.39 is 5.95 Å². The van der Waals surface area contributed by atoms with Crippen molar-refractivity contribution in [3.63, 3.8) is 0 Å². The van der Waals surface area contributed by atoms with Crippen LogP contribution in [0.2, 0.25) is 5.02 Å². The van der Waals surface area contributed by atoms with Gasteiger partial charge in [0.15, 0.2) is 0 Å². The third-order valence-corrected chi connectivity index (χ3v) is 6.75. The Morgan fingerprint density at radius 2 is 1.81 bits per heavy atom. The van der Waals surface area contributed by atoms with Crippen molar-refractivity contribution in [2.75, 3.05) is 5.01 Å². The molecule has 4 heterocycles. The number of benzene rings is 1. The van der Waals surface area contributed by atoms with Gasteiger partial charge < -0.3 is 0 Å². The fourth-order valence-corrected chi connectivity index (χ4v) is 4.93. The number of hydrazone groups is 1. The van der Waals surface area contributed by atoms with Gasteiger partial charge in [0.1, 0.15) is 16.5 Å². The van der Waals surface area contributed by atoms with E-state index in [0.717, 1.165) is 38.8 Å². The van der Waals surface area contributed by atoms with Gasteiger partial charge in [0.25, 0.3) is 5.95 Å². The van der Waals surface area contributed by atoms with E-state index in [9.17, 15) is 4.39 Å². The molecule has 3 aromatic heterocycles. The first-order valence-electron chi connectivity index (χ1n) is 9.67. The Kier molecular flexibility index (Phi) is 4.83. The van der Waals surface area contributed by atoms with Crippen LogP contribution in [0.3, 0.4) is 0 Å². The van der Waals surface area contributed by atoms with Crippen LogP contribution in [0.15, 0.2) is 47.7 Å². The van der Waals surface area contributed by atoms with Crippen LogP contribution in [0.1, 0.15) is 33.0 Å². The molecule has 0 saturated heterocycles. The first-order valence-corrected chi connectivity index (χ1v) is 10.9. The second-order valence-electron chi connectivity index (χ2n) is 7.35. The van der Waals surface area contributed by atoms with Crippen LogP contribution in [0.4, 0.5) is 10.3 Å². The second kappa shape index (κ2) is 7.55. The quantitative estimate of drug-likeness (QED) is 0.400. The lowest BCUT2D eigenvalue weighted by molar-refractivity contribution is 0.581. The molecule has 1 aliphatic heterocycles. The molecule has 0 radical (unpaired) electrons. The molecule has 0 N–H and O–H groups in total. The van der Waals surface area contributed by atoms with Crippen molar-refractivity contribution in [1.82, 2.24) is 19.7 Å². The molecule has 0 spiro atoms. The smallest absolute Gasteiger partial charge is 0.253 e. The van der Waals surface area contributed by atoms with E-state index in [-0.39, 0.29) is 0 Å². The van der Waals surface area contributed by atoms with Gasteiger partial charge in [0, 0.05) is 27.2 Å². The van der Waals surface area contributed by atoms with Gasteiger partial charge in [0.2, 0.25) is 5.95 Å². The summed E-state index contributed by atoms with van der Waals surface area (Å²) in [6.45, 7) is 6.51. The number of aromatic nitrogens is 4. The zero-order valence-electron chi connectivity index (χ0n) is 17.1. The molecule has 5 rings (SSSR count). The predicted molar refractivity (Wildman–Crippen MR) is 121 cm³/mol. The predicted octanol–water partition coefficient (Wildman–Crippen LogP) is 5.21. The Balaban J connectivity index is 1.74. The highest BCUT2D eigenvalue weighted by Gasteiger charge is 2.30. The molecular formula is C22H18ClFN6S. The van der Waals surface area contributed by atoms with Crippen LogP contribution in [-0.2, 0) is 6.54 Å². The molecule has 0 unspecified atom stereocenters. The van der Waals surface area contributed by atoms with Crippen molar-refractivity contribution in [3.05, 3.63) is 86.5 Å². The fourth-order valence-electron chi connectivity index (χ4n) is 3.61. The molecule has 1 aliphatic rings. The Bertz CT molecular complexity index is 1310. The molecular weight excluding hydrogens is 435 g/mol. The lowest BCUT2D eigenvalue weighted by Gasteiger charge is -2.18. The number of pyridine rings is 1. The third kappa shape index (κ3) is 3.41. The number of rotatable bonds is 3. The number of anilines is 1. The number of thiophene rings is 1. The van der Waals surface area contributed by atoms with Crippen LogP contribution < -0.4 is 5.01 Å². The van der Waals surface area contributed by atoms with Crippen LogP contribution in [-0.4, -0.2) is 25.5 Å². The van der Waals surface area contributed by atoms with Crippen molar-refractivity contribution in [2.45, 2.75) is 27.3 Å². The third-order valence-electron chi connectivity index (χ3n) is 5.30. The minimum absolute atomic E-state index is 0.371. The van der Waals surface area contributed by atoms with Gasteiger partial charge >= 0.3 is 0 Å². The zero-order valence-corrected chi connectivity index (χ0v) is 18.7. The van der Waals surface area contributed by atoms with Crippen LogP contribution in [0.25, 0.3) is 5.00 Å². The molecule has 6 nitrogen and oxygen atoms in total. The Labute approximate surface area is 187 Å². The number of fused-ring (bicyclic) bond motifs is 3. The maximum absolute atomic E-state index is 13.3. The normalized spacial score (nSPS) is 12.9. The largest absolute Gasteiger partial charge is 0.254 e. The summed E-state index contributed by atoms with van der Waals surface area (Å²) in [4.78, 5) is 4.98. The lowest BCUT2D eigenvalue weighted by atomic mass is 10.00. The van der Waals surface area contributed by atoms with E-state index in [2.05, 4.69) is 29.0 Å². The van der Waals surface area contributed by atoms with E-state index in [1.807, 2.05) is 35.8 Å². The number of hydrogen-bond acceptors (Lipinski definition) is 6. The summed E-state index contributed by atoms with van der Waals surface area (Å²) in [6, 6.07) is 10.7. The molecule has 0 amide bonds. The molecule has 156 valence electrons. The SMILES string of the molecule is Cc1sc2c(c1C)C(c1ccc(Cl)cc1)=NN(Cc1ccc(F)nc1)c1nnc(C)n1-2. The highest BCUT2D eigenvalue weighted by molar-refractivity contribution is 7.15. The number of hydrogen-bond donors (Lipinski definition) is 0. The maximum Gasteiger partial charge on any atom is 0.253 e. The van der Waals surface area contributed by atoms with Crippen molar-refractivity contribution in [2.24, 2.45) is 5.10 Å². The topological polar surface area (TPSA) is 59.2 Å². The van der Waals surface area contributed by atoms with Gasteiger partial charge in [-0.3, -0.25) is 4.57 Å². The summed E-state index contributed by atoms with van der Waals surface area (Å²) in [5.41, 5.74) is 4.80. The molecule has 31 heavy (non-hydrogen) atoms. The molecule has 0 aliphatic carbocycles. The summed E-state index contributed by atoms with van der Waals surface area (Å²) in [7, 11) is 0. The molecule has 4 aromatic rings. The fraction of sp³-hybridized carbons (Fsp3) is 0.182. The average Bonchev–Trinajstić information content (AvgIpc) is 3.23. The van der Waals surface area contributed by atoms with Crippen molar-refractivity contribution >= 4 is 34.6 Å². The molecule has 0 saturated carbocycles. The van der Waals surface area contributed by atoms with Gasteiger partial charge in [-0.15, -0.1) is 21.5 Å². The number of aryl methyl sites for hydroxylation is 2. The summed E-state index contributed by atoms with van der Waals surface area (Å²) < 4.78 is 15.4.